The smallest absolute Gasteiger partial charge is 0.335 e. The van der Waals surface area contributed by atoms with Crippen molar-refractivity contribution in [1.29, 1.82) is 0 Å². The molecule has 0 saturated carbocycles. The van der Waals surface area contributed by atoms with E-state index in [1.54, 1.807) is 24.3 Å². The molecule has 0 radical (unpaired) electrons. The number of benzene rings is 2. The van der Waals surface area contributed by atoms with Crippen molar-refractivity contribution in [3.05, 3.63) is 58.1 Å². The van der Waals surface area contributed by atoms with Gasteiger partial charge in [-0.25, -0.2) is 4.79 Å². The van der Waals surface area contributed by atoms with Crippen LogP contribution in [0.5, 0.6) is 11.5 Å². The molecule has 2 aromatic rings. The molecule has 2 rings (SSSR count). The number of carboxylic acids is 1. The van der Waals surface area contributed by atoms with Gasteiger partial charge in [-0.3, -0.25) is 10.1 Å². The van der Waals surface area contributed by atoms with Crippen LogP contribution in [0.15, 0.2) is 42.5 Å². The Morgan fingerprint density at radius 1 is 1.20 bits per heavy atom. The highest BCUT2D eigenvalue weighted by molar-refractivity contribution is 5.88. The lowest BCUT2D eigenvalue weighted by molar-refractivity contribution is -0.385. The average molecular weight is 274 g/mol. The van der Waals surface area contributed by atoms with Gasteiger partial charge in [0.1, 0.15) is 5.75 Å². The van der Waals surface area contributed by atoms with Crippen LogP contribution in [-0.4, -0.2) is 16.0 Å². The molecule has 0 saturated heterocycles. The number of hydrogen-bond donors (Lipinski definition) is 2. The zero-order valence-corrected chi connectivity index (χ0v) is 10.1. The van der Waals surface area contributed by atoms with Gasteiger partial charge >= 0.3 is 11.7 Å². The molecule has 102 valence electrons. The van der Waals surface area contributed by atoms with Crippen LogP contribution in [0.2, 0.25) is 0 Å². The van der Waals surface area contributed by atoms with E-state index in [-0.39, 0.29) is 11.3 Å². The molecule has 0 aliphatic rings. The van der Waals surface area contributed by atoms with Gasteiger partial charge in [-0.05, 0) is 36.4 Å². The zero-order valence-electron chi connectivity index (χ0n) is 10.1. The van der Waals surface area contributed by atoms with Gasteiger partial charge in [-0.15, -0.1) is 0 Å². The van der Waals surface area contributed by atoms with E-state index in [1.807, 2.05) is 0 Å². The second kappa shape index (κ2) is 5.27. The third-order valence-electron chi connectivity index (χ3n) is 2.51. The Morgan fingerprint density at radius 3 is 2.40 bits per heavy atom. The second-order valence-electron chi connectivity index (χ2n) is 3.92. The highest BCUT2D eigenvalue weighted by Gasteiger charge is 2.19. The summed E-state index contributed by atoms with van der Waals surface area (Å²) >= 11 is 0. The third kappa shape index (κ3) is 2.83. The predicted octanol–water partition coefficient (Wildman–Crippen LogP) is 2.67. The van der Waals surface area contributed by atoms with Crippen LogP contribution in [0, 0.1) is 10.1 Å². The fourth-order valence-corrected chi connectivity index (χ4v) is 1.54. The van der Waals surface area contributed by atoms with Crippen molar-refractivity contribution < 1.29 is 19.6 Å². The summed E-state index contributed by atoms with van der Waals surface area (Å²) in [6.07, 6.45) is 0. The lowest BCUT2D eigenvalue weighted by Gasteiger charge is -2.07. The number of ether oxygens (including phenoxy) is 1. The molecular weight excluding hydrogens is 264 g/mol. The molecule has 20 heavy (non-hydrogen) atoms. The molecule has 0 aliphatic carbocycles. The van der Waals surface area contributed by atoms with Crippen molar-refractivity contribution in [1.82, 2.24) is 0 Å². The first-order chi connectivity index (χ1) is 9.47. The van der Waals surface area contributed by atoms with E-state index in [0.717, 1.165) is 6.07 Å². The molecule has 0 heterocycles. The molecule has 0 amide bonds. The fraction of sp³-hybridized carbons (Fsp3) is 0. The largest absolute Gasteiger partial charge is 0.478 e. The van der Waals surface area contributed by atoms with Gasteiger partial charge in [-0.2, -0.15) is 0 Å². The number of carbonyl (C=O) groups is 1. The summed E-state index contributed by atoms with van der Waals surface area (Å²) in [4.78, 5) is 21.1. The normalized spacial score (nSPS) is 10.0. The van der Waals surface area contributed by atoms with Gasteiger partial charge in [0.25, 0.3) is 0 Å². The number of anilines is 1. The molecule has 7 nitrogen and oxygen atoms in total. The van der Waals surface area contributed by atoms with Crippen LogP contribution in [0.25, 0.3) is 0 Å². The molecule has 7 heteroatoms. The number of carboxylic acid groups (broad SMARTS) is 1. The van der Waals surface area contributed by atoms with Gasteiger partial charge in [0.05, 0.1) is 10.5 Å². The number of rotatable bonds is 4. The summed E-state index contributed by atoms with van der Waals surface area (Å²) in [7, 11) is 0. The maximum atomic E-state index is 11.0. The quantitative estimate of drug-likeness (QED) is 0.503. The van der Waals surface area contributed by atoms with E-state index in [2.05, 4.69) is 0 Å². The van der Waals surface area contributed by atoms with Crippen LogP contribution >= 0.6 is 0 Å². The number of nitro benzene ring substituents is 1. The van der Waals surface area contributed by atoms with Gasteiger partial charge in [0.15, 0.2) is 0 Å². The zero-order chi connectivity index (χ0) is 14.7. The molecule has 0 unspecified atom stereocenters. The van der Waals surface area contributed by atoms with Crippen molar-refractivity contribution >= 4 is 17.3 Å². The number of nitrogen functional groups attached to an aromatic ring is 1. The van der Waals surface area contributed by atoms with E-state index >= 15 is 0 Å². The van der Waals surface area contributed by atoms with E-state index in [4.69, 9.17) is 15.6 Å². The Hall–Kier alpha value is -3.09. The van der Waals surface area contributed by atoms with Crippen molar-refractivity contribution in [2.75, 3.05) is 5.73 Å². The van der Waals surface area contributed by atoms with E-state index in [9.17, 15) is 14.9 Å². The first-order valence-electron chi connectivity index (χ1n) is 5.52. The van der Waals surface area contributed by atoms with Gasteiger partial charge in [-0.1, -0.05) is 0 Å². The number of aromatic carboxylic acids is 1. The molecule has 0 atom stereocenters. The summed E-state index contributed by atoms with van der Waals surface area (Å²) in [5, 5.41) is 19.8. The summed E-state index contributed by atoms with van der Waals surface area (Å²) in [6, 6.07) is 9.74. The summed E-state index contributed by atoms with van der Waals surface area (Å²) in [5.41, 5.74) is 5.46. The highest BCUT2D eigenvalue weighted by Crippen LogP contribution is 2.32. The molecule has 0 aromatic heterocycles. The SMILES string of the molecule is Nc1ccc(Oc2ccc(C(=O)O)cc2[N+](=O)[O-])cc1. The highest BCUT2D eigenvalue weighted by atomic mass is 16.6. The van der Waals surface area contributed by atoms with E-state index in [1.165, 1.54) is 12.1 Å². The summed E-state index contributed by atoms with van der Waals surface area (Å²) < 4.78 is 5.37. The Kier molecular flexibility index (Phi) is 3.52. The Morgan fingerprint density at radius 2 is 1.85 bits per heavy atom. The Balaban J connectivity index is 2.38. The van der Waals surface area contributed by atoms with Crippen molar-refractivity contribution in [3.8, 4) is 11.5 Å². The Bertz CT molecular complexity index is 667. The maximum absolute atomic E-state index is 11.0. The maximum Gasteiger partial charge on any atom is 0.335 e. The lowest BCUT2D eigenvalue weighted by Crippen LogP contribution is -2.00. The van der Waals surface area contributed by atoms with Crippen LogP contribution < -0.4 is 10.5 Å². The second-order valence-corrected chi connectivity index (χ2v) is 3.92. The first-order valence-corrected chi connectivity index (χ1v) is 5.52. The number of hydrogen-bond acceptors (Lipinski definition) is 5. The molecular formula is C13H10N2O5. The van der Waals surface area contributed by atoms with Gasteiger partial charge in [0, 0.05) is 11.8 Å². The third-order valence-corrected chi connectivity index (χ3v) is 2.51. The lowest BCUT2D eigenvalue weighted by atomic mass is 10.2. The van der Waals surface area contributed by atoms with Crippen LogP contribution in [0.1, 0.15) is 10.4 Å². The van der Waals surface area contributed by atoms with Crippen LogP contribution in [0.3, 0.4) is 0 Å². The molecule has 0 bridgehead atoms. The average Bonchev–Trinajstić information content (AvgIpc) is 2.41. The molecule has 0 spiro atoms. The minimum absolute atomic E-state index is 0.0372. The van der Waals surface area contributed by atoms with Crippen molar-refractivity contribution in [2.45, 2.75) is 0 Å². The van der Waals surface area contributed by atoms with Crippen molar-refractivity contribution in [3.63, 3.8) is 0 Å². The first kappa shape index (κ1) is 13.3. The predicted molar refractivity (Wildman–Crippen MR) is 71.0 cm³/mol. The molecule has 2 aromatic carbocycles. The number of nitro groups is 1. The van der Waals surface area contributed by atoms with Crippen LogP contribution in [0.4, 0.5) is 11.4 Å². The van der Waals surface area contributed by atoms with Gasteiger partial charge < -0.3 is 15.6 Å². The molecule has 0 fully saturated rings. The molecule has 3 N–H and O–H groups in total. The topological polar surface area (TPSA) is 116 Å². The summed E-state index contributed by atoms with van der Waals surface area (Å²) in [6.45, 7) is 0. The fourth-order valence-electron chi connectivity index (χ4n) is 1.54. The van der Waals surface area contributed by atoms with E-state index < -0.39 is 16.6 Å². The minimum atomic E-state index is -1.24. The van der Waals surface area contributed by atoms with E-state index in [0.29, 0.717) is 11.4 Å². The number of nitrogens with zero attached hydrogens (tertiary/aromatic N) is 1. The van der Waals surface area contributed by atoms with Crippen LogP contribution in [-0.2, 0) is 0 Å². The number of nitrogens with two attached hydrogens (primary N) is 1. The Labute approximate surface area is 113 Å². The standard InChI is InChI=1S/C13H10N2O5/c14-9-2-4-10(5-3-9)20-12-6-1-8(13(16)17)7-11(12)15(18)19/h1-7H,14H2,(H,16,17). The monoisotopic (exact) mass is 274 g/mol. The van der Waals surface area contributed by atoms with Gasteiger partial charge in [0.2, 0.25) is 5.75 Å². The van der Waals surface area contributed by atoms with Crippen molar-refractivity contribution in [2.24, 2.45) is 0 Å². The summed E-state index contributed by atoms with van der Waals surface area (Å²) in [5.74, 6) is -0.915. The minimum Gasteiger partial charge on any atom is -0.478 e. The molecule has 0 aliphatic heterocycles.